The number of carbonyl (C=O) groups excluding carboxylic acids is 5. The van der Waals surface area contributed by atoms with Crippen molar-refractivity contribution in [3.05, 3.63) is 11.6 Å². The van der Waals surface area contributed by atoms with Gasteiger partial charge in [0.25, 0.3) is 0 Å². The van der Waals surface area contributed by atoms with E-state index in [2.05, 4.69) is 0 Å². The van der Waals surface area contributed by atoms with Crippen molar-refractivity contribution in [1.82, 2.24) is 0 Å². The van der Waals surface area contributed by atoms with Gasteiger partial charge in [0, 0.05) is 17.8 Å². The number of carbonyl (C=O) groups is 5. The summed E-state index contributed by atoms with van der Waals surface area (Å²) < 4.78 is 10.9. The maximum absolute atomic E-state index is 14.1. The molecule has 0 aromatic heterocycles. The Morgan fingerprint density at radius 2 is 1.67 bits per heavy atom. The van der Waals surface area contributed by atoms with Crippen molar-refractivity contribution >= 4 is 29.8 Å². The maximum Gasteiger partial charge on any atom is 0.321 e. The second kappa shape index (κ2) is 7.59. The predicted octanol–water partition coefficient (Wildman–Crippen LogP) is 2.98. The van der Waals surface area contributed by atoms with Gasteiger partial charge in [-0.05, 0) is 63.7 Å². The average Bonchev–Trinajstić information content (AvgIpc) is 2.93. The Balaban J connectivity index is 2.01. The number of fused-ring (bicyclic) bond motifs is 5. The number of esters is 2. The van der Waals surface area contributed by atoms with Gasteiger partial charge in [0.1, 0.15) is 12.4 Å². The molecule has 0 unspecified atom stereocenters. The first-order chi connectivity index (χ1) is 16.5. The van der Waals surface area contributed by atoms with Gasteiger partial charge in [-0.2, -0.15) is 0 Å². The van der Waals surface area contributed by atoms with Gasteiger partial charge in [-0.1, -0.05) is 32.4 Å². The minimum absolute atomic E-state index is 0.200. The molecule has 1 N–H and O–H groups in total. The van der Waals surface area contributed by atoms with Gasteiger partial charge >= 0.3 is 11.9 Å². The number of ether oxygens (including phenoxy) is 2. The molecule has 4 aliphatic carbocycles. The highest BCUT2D eigenvalue weighted by Gasteiger charge is 2.85. The molecule has 8 nitrogen and oxygen atoms in total. The van der Waals surface area contributed by atoms with Crippen LogP contribution in [-0.4, -0.2) is 53.7 Å². The molecule has 0 aliphatic heterocycles. The van der Waals surface area contributed by atoms with Crippen LogP contribution >= 0.6 is 0 Å². The van der Waals surface area contributed by atoms with Crippen molar-refractivity contribution in [2.45, 2.75) is 85.9 Å². The van der Waals surface area contributed by atoms with E-state index in [4.69, 9.17) is 9.47 Å². The molecule has 0 radical (unpaired) electrons. The van der Waals surface area contributed by atoms with Crippen molar-refractivity contribution in [3.8, 4) is 0 Å². The summed E-state index contributed by atoms with van der Waals surface area (Å²) in [5.74, 6) is -3.58. The molecule has 0 aromatic carbocycles. The number of aliphatic hydroxyl groups is 1. The zero-order chi connectivity index (χ0) is 27.3. The van der Waals surface area contributed by atoms with E-state index >= 15 is 0 Å². The lowest BCUT2D eigenvalue weighted by atomic mass is 9.34. The topological polar surface area (TPSA) is 124 Å². The summed E-state index contributed by atoms with van der Waals surface area (Å²) in [7, 11) is 1.18. The van der Waals surface area contributed by atoms with Crippen LogP contribution in [0.2, 0.25) is 0 Å². The molecule has 4 rings (SSSR count). The number of aldehydes is 1. The monoisotopic (exact) mass is 502 g/mol. The second-order valence-corrected chi connectivity index (χ2v) is 12.6. The Kier molecular flexibility index (Phi) is 5.63. The zero-order valence-electron chi connectivity index (χ0n) is 22.5. The maximum atomic E-state index is 14.1. The zero-order valence-corrected chi connectivity index (χ0v) is 22.5. The fourth-order valence-corrected chi connectivity index (χ4v) is 9.19. The van der Waals surface area contributed by atoms with Crippen LogP contribution in [0.5, 0.6) is 0 Å². The van der Waals surface area contributed by atoms with Gasteiger partial charge in [0.15, 0.2) is 22.6 Å². The van der Waals surface area contributed by atoms with Gasteiger partial charge in [-0.3, -0.25) is 19.2 Å². The molecule has 3 saturated carbocycles. The van der Waals surface area contributed by atoms with E-state index in [0.29, 0.717) is 31.3 Å². The first-order valence-corrected chi connectivity index (χ1v) is 12.7. The van der Waals surface area contributed by atoms with Crippen LogP contribution in [0.15, 0.2) is 11.6 Å². The molecule has 198 valence electrons. The van der Waals surface area contributed by atoms with E-state index in [1.54, 1.807) is 20.8 Å². The number of allylic oxidation sites excluding steroid dienone is 2. The third kappa shape index (κ3) is 2.61. The first kappa shape index (κ1) is 26.7. The molecule has 0 saturated heterocycles. The van der Waals surface area contributed by atoms with Crippen molar-refractivity contribution in [2.24, 2.45) is 38.9 Å². The highest BCUT2D eigenvalue weighted by molar-refractivity contribution is 6.30. The Morgan fingerprint density at radius 3 is 2.19 bits per heavy atom. The van der Waals surface area contributed by atoms with Gasteiger partial charge in [-0.25, -0.2) is 0 Å². The molecule has 3 fully saturated rings. The fraction of sp³-hybridized carbons (Fsp3) is 0.750. The lowest BCUT2D eigenvalue weighted by Crippen LogP contribution is -2.70. The van der Waals surface area contributed by atoms with E-state index in [9.17, 15) is 29.1 Å². The smallest absolute Gasteiger partial charge is 0.321 e. The van der Waals surface area contributed by atoms with Crippen LogP contribution < -0.4 is 0 Å². The van der Waals surface area contributed by atoms with Crippen LogP contribution in [0.4, 0.5) is 0 Å². The van der Waals surface area contributed by atoms with Crippen molar-refractivity contribution in [3.63, 3.8) is 0 Å². The minimum Gasteiger partial charge on any atom is -0.468 e. The highest BCUT2D eigenvalue weighted by atomic mass is 16.5. The first-order valence-electron chi connectivity index (χ1n) is 12.7. The number of rotatable bonds is 3. The van der Waals surface area contributed by atoms with Crippen LogP contribution in [-0.2, 0) is 33.4 Å². The normalized spacial score (nSPS) is 47.1. The van der Waals surface area contributed by atoms with Gasteiger partial charge in [-0.15, -0.1) is 0 Å². The van der Waals surface area contributed by atoms with Crippen LogP contribution in [0.3, 0.4) is 0 Å². The Morgan fingerprint density at radius 1 is 1.06 bits per heavy atom. The van der Waals surface area contributed by atoms with Gasteiger partial charge in [0.2, 0.25) is 0 Å². The summed E-state index contributed by atoms with van der Waals surface area (Å²) in [4.78, 5) is 66.6. The quantitative estimate of drug-likeness (QED) is 0.270. The highest BCUT2D eigenvalue weighted by Crippen LogP contribution is 2.76. The molecule has 0 amide bonds. The fourth-order valence-electron chi connectivity index (χ4n) is 9.19. The summed E-state index contributed by atoms with van der Waals surface area (Å²) in [5, 5.41) is 11.2. The number of hydrogen-bond donors (Lipinski definition) is 1. The Labute approximate surface area is 212 Å². The summed E-state index contributed by atoms with van der Waals surface area (Å²) in [6.07, 6.45) is 4.16. The predicted molar refractivity (Wildman–Crippen MR) is 128 cm³/mol. The minimum atomic E-state index is -2.37. The molecule has 0 heterocycles. The molecular formula is C28H38O8. The van der Waals surface area contributed by atoms with Crippen molar-refractivity contribution < 1.29 is 38.6 Å². The number of ketones is 2. The lowest BCUT2D eigenvalue weighted by Gasteiger charge is -2.67. The molecule has 0 aromatic rings. The molecule has 0 bridgehead atoms. The summed E-state index contributed by atoms with van der Waals surface area (Å²) in [6.45, 7) is 11.6. The van der Waals surface area contributed by atoms with E-state index < -0.39 is 56.1 Å². The molecular weight excluding hydrogens is 464 g/mol. The summed E-state index contributed by atoms with van der Waals surface area (Å²) in [6, 6.07) is 0. The third-order valence-electron chi connectivity index (χ3n) is 10.9. The van der Waals surface area contributed by atoms with Gasteiger partial charge in [0.05, 0.1) is 12.5 Å². The SMILES string of the molecule is COC(=O)[C@]12C(=O)[C@](C)(O)C(=O)[C@]1(C)C(C)=C[C@@H]1[C@@]3(C=O)CC[C@H](OC(C)=O)C(C)(C)[C@@H]3CC[C@@]12C. The standard InChI is InChI=1S/C28H38O8/c1-15-13-18-24(5,28(22(33)35-8)21(32)26(7,34)20(31)25(15,28)6)11-9-17-23(3,4)19(36-16(2)30)10-12-27(17,18)14-29/h13-14,17-19,34H,9-12H2,1-8H3/t17-,18-,19-,24-,25-,26+,27+,28-/m0/s1. The van der Waals surface area contributed by atoms with E-state index in [0.717, 1.165) is 13.2 Å². The average molecular weight is 503 g/mol. The van der Waals surface area contributed by atoms with Crippen LogP contribution in [0, 0.1) is 38.9 Å². The lowest BCUT2D eigenvalue weighted by molar-refractivity contribution is -0.217. The molecule has 8 heteroatoms. The van der Waals surface area contributed by atoms with E-state index in [1.807, 2.05) is 19.9 Å². The number of hydrogen-bond acceptors (Lipinski definition) is 8. The third-order valence-corrected chi connectivity index (χ3v) is 10.9. The van der Waals surface area contributed by atoms with Crippen molar-refractivity contribution in [2.75, 3.05) is 7.11 Å². The second-order valence-electron chi connectivity index (χ2n) is 12.6. The van der Waals surface area contributed by atoms with Crippen LogP contribution in [0.25, 0.3) is 0 Å². The summed E-state index contributed by atoms with van der Waals surface area (Å²) in [5.41, 5.74) is -8.18. The molecule has 36 heavy (non-hydrogen) atoms. The van der Waals surface area contributed by atoms with Gasteiger partial charge < -0.3 is 19.4 Å². The Hall–Kier alpha value is -2.35. The number of Topliss-reactive ketones (excluding diaryl/α,β-unsaturated/α-hetero) is 2. The van der Waals surface area contributed by atoms with Crippen LogP contribution in [0.1, 0.15) is 74.1 Å². The van der Waals surface area contributed by atoms with E-state index in [1.165, 1.54) is 14.0 Å². The van der Waals surface area contributed by atoms with E-state index in [-0.39, 0.29) is 18.0 Å². The molecule has 0 spiro atoms. The molecule has 4 aliphatic rings. The Bertz CT molecular complexity index is 1100. The van der Waals surface area contributed by atoms with Crippen molar-refractivity contribution in [1.29, 1.82) is 0 Å². The number of methoxy groups -OCH3 is 1. The summed E-state index contributed by atoms with van der Waals surface area (Å²) >= 11 is 0. The molecule has 8 atom stereocenters. The largest absolute Gasteiger partial charge is 0.468 e.